The molecular formula is C12H14Br2O. The van der Waals surface area contributed by atoms with E-state index in [0.717, 1.165) is 28.1 Å². The van der Waals surface area contributed by atoms with E-state index in [2.05, 4.69) is 37.9 Å². The predicted octanol–water partition coefficient (Wildman–Crippen LogP) is 4.52. The Balaban J connectivity index is 2.04. The molecule has 15 heavy (non-hydrogen) atoms. The number of halogens is 2. The first-order valence-electron chi connectivity index (χ1n) is 5.27. The first-order chi connectivity index (χ1) is 7.31. The summed E-state index contributed by atoms with van der Waals surface area (Å²) in [5, 5.41) is 0.840. The van der Waals surface area contributed by atoms with Gasteiger partial charge in [-0.3, -0.25) is 0 Å². The summed E-state index contributed by atoms with van der Waals surface area (Å²) in [7, 11) is 0. The fraction of sp³-hybridized carbons (Fsp3) is 0.500. The van der Waals surface area contributed by atoms with Crippen LogP contribution >= 0.6 is 31.9 Å². The number of hydrogen-bond donors (Lipinski definition) is 0. The summed E-state index contributed by atoms with van der Waals surface area (Å²) >= 11 is 7.01. The molecule has 0 amide bonds. The van der Waals surface area contributed by atoms with Gasteiger partial charge < -0.3 is 4.74 Å². The topological polar surface area (TPSA) is 9.23 Å². The van der Waals surface area contributed by atoms with Crippen LogP contribution in [0.15, 0.2) is 22.7 Å². The number of alkyl halides is 1. The maximum absolute atomic E-state index is 5.89. The van der Waals surface area contributed by atoms with Crippen LogP contribution in [-0.2, 0) is 5.33 Å². The van der Waals surface area contributed by atoms with E-state index in [9.17, 15) is 0 Å². The lowest BCUT2D eigenvalue weighted by atomic mass is 9.86. The third-order valence-corrected chi connectivity index (χ3v) is 4.11. The van der Waals surface area contributed by atoms with E-state index in [1.54, 1.807) is 0 Å². The van der Waals surface area contributed by atoms with Gasteiger partial charge >= 0.3 is 0 Å². The van der Waals surface area contributed by atoms with Crippen LogP contribution < -0.4 is 4.74 Å². The van der Waals surface area contributed by atoms with Crippen molar-refractivity contribution in [2.24, 2.45) is 5.92 Å². The van der Waals surface area contributed by atoms with Crippen LogP contribution in [0.1, 0.15) is 24.8 Å². The minimum atomic E-state index is 0.778. The molecule has 1 saturated carbocycles. The minimum Gasteiger partial charge on any atom is -0.492 e. The molecule has 0 aromatic heterocycles. The standard InChI is InChI=1S/C12H14Br2O/c13-7-10-5-2-6-11(14)12(10)15-8-9-3-1-4-9/h2,5-6,9H,1,3-4,7-8H2. The van der Waals surface area contributed by atoms with Crippen molar-refractivity contribution in [3.05, 3.63) is 28.2 Å². The summed E-state index contributed by atoms with van der Waals surface area (Å²) in [4.78, 5) is 0. The van der Waals surface area contributed by atoms with Gasteiger partial charge in [-0.1, -0.05) is 34.5 Å². The highest BCUT2D eigenvalue weighted by Crippen LogP contribution is 2.33. The summed E-state index contributed by atoms with van der Waals surface area (Å²) in [6, 6.07) is 6.16. The lowest BCUT2D eigenvalue weighted by Gasteiger charge is -2.25. The predicted molar refractivity (Wildman–Crippen MR) is 69.6 cm³/mol. The Morgan fingerprint density at radius 1 is 1.33 bits per heavy atom. The van der Waals surface area contributed by atoms with Crippen molar-refractivity contribution < 1.29 is 4.74 Å². The molecule has 0 aliphatic heterocycles. The zero-order valence-electron chi connectivity index (χ0n) is 8.51. The zero-order valence-corrected chi connectivity index (χ0v) is 11.7. The van der Waals surface area contributed by atoms with E-state index in [1.807, 2.05) is 12.1 Å². The number of hydrogen-bond acceptors (Lipinski definition) is 1. The smallest absolute Gasteiger partial charge is 0.137 e. The molecule has 1 nitrogen and oxygen atoms in total. The monoisotopic (exact) mass is 332 g/mol. The highest BCUT2D eigenvalue weighted by atomic mass is 79.9. The van der Waals surface area contributed by atoms with Crippen molar-refractivity contribution in [3.63, 3.8) is 0 Å². The quantitative estimate of drug-likeness (QED) is 0.736. The zero-order chi connectivity index (χ0) is 10.7. The fourth-order valence-corrected chi connectivity index (χ4v) is 2.64. The van der Waals surface area contributed by atoms with Crippen LogP contribution in [-0.4, -0.2) is 6.61 Å². The van der Waals surface area contributed by atoms with Gasteiger partial charge in [-0.15, -0.1) is 0 Å². The minimum absolute atomic E-state index is 0.778. The van der Waals surface area contributed by atoms with E-state index in [0.29, 0.717) is 0 Å². The highest BCUT2D eigenvalue weighted by molar-refractivity contribution is 9.10. The lowest BCUT2D eigenvalue weighted by Crippen LogP contribution is -2.19. The molecule has 0 bridgehead atoms. The second-order valence-corrected chi connectivity index (χ2v) is 5.38. The van der Waals surface area contributed by atoms with Crippen LogP contribution in [0.5, 0.6) is 5.75 Å². The molecule has 0 atom stereocenters. The van der Waals surface area contributed by atoms with Gasteiger partial charge in [0.25, 0.3) is 0 Å². The normalized spacial score (nSPS) is 16.1. The number of benzene rings is 1. The van der Waals surface area contributed by atoms with Crippen molar-refractivity contribution in [1.29, 1.82) is 0 Å². The summed E-state index contributed by atoms with van der Waals surface area (Å²) in [6.07, 6.45) is 4.03. The van der Waals surface area contributed by atoms with Gasteiger partial charge in [0.1, 0.15) is 5.75 Å². The van der Waals surface area contributed by atoms with Gasteiger partial charge in [0, 0.05) is 10.9 Å². The molecule has 0 saturated heterocycles. The summed E-state index contributed by atoms with van der Waals surface area (Å²) < 4.78 is 6.94. The van der Waals surface area contributed by atoms with Gasteiger partial charge in [0.15, 0.2) is 0 Å². The molecule has 1 fully saturated rings. The summed E-state index contributed by atoms with van der Waals surface area (Å²) in [5.41, 5.74) is 1.21. The van der Waals surface area contributed by atoms with Crippen molar-refractivity contribution in [3.8, 4) is 5.75 Å². The van der Waals surface area contributed by atoms with Crippen molar-refractivity contribution in [2.75, 3.05) is 6.61 Å². The molecule has 2 rings (SSSR count). The first kappa shape index (κ1) is 11.5. The van der Waals surface area contributed by atoms with Gasteiger partial charge in [-0.25, -0.2) is 0 Å². The fourth-order valence-electron chi connectivity index (χ4n) is 1.68. The molecule has 3 heteroatoms. The van der Waals surface area contributed by atoms with E-state index < -0.39 is 0 Å². The lowest BCUT2D eigenvalue weighted by molar-refractivity contribution is 0.179. The maximum atomic E-state index is 5.89. The molecule has 0 spiro atoms. The Bertz CT molecular complexity index is 334. The average Bonchev–Trinajstić information content (AvgIpc) is 2.17. The van der Waals surface area contributed by atoms with E-state index in [4.69, 9.17) is 4.74 Å². The molecule has 0 radical (unpaired) electrons. The first-order valence-corrected chi connectivity index (χ1v) is 7.19. The van der Waals surface area contributed by atoms with Gasteiger partial charge in [0.05, 0.1) is 11.1 Å². The molecule has 0 heterocycles. The molecule has 82 valence electrons. The van der Waals surface area contributed by atoms with Gasteiger partial charge in [-0.2, -0.15) is 0 Å². The van der Waals surface area contributed by atoms with Crippen molar-refractivity contribution >= 4 is 31.9 Å². The van der Waals surface area contributed by atoms with Crippen LogP contribution in [0, 0.1) is 5.92 Å². The number of para-hydroxylation sites is 1. The highest BCUT2D eigenvalue weighted by Gasteiger charge is 2.19. The van der Waals surface area contributed by atoms with E-state index in [1.165, 1.54) is 24.8 Å². The average molecular weight is 334 g/mol. The Hall–Kier alpha value is -0.0200. The summed E-state index contributed by atoms with van der Waals surface area (Å²) in [6.45, 7) is 0.864. The molecule has 1 aromatic carbocycles. The Morgan fingerprint density at radius 2 is 2.13 bits per heavy atom. The van der Waals surface area contributed by atoms with Gasteiger partial charge in [-0.05, 0) is 40.8 Å². The number of ether oxygens (including phenoxy) is 1. The van der Waals surface area contributed by atoms with Crippen molar-refractivity contribution in [1.82, 2.24) is 0 Å². The van der Waals surface area contributed by atoms with Crippen LogP contribution in [0.3, 0.4) is 0 Å². The molecule has 1 aromatic rings. The van der Waals surface area contributed by atoms with Gasteiger partial charge in [0.2, 0.25) is 0 Å². The Kier molecular flexibility index (Phi) is 4.09. The molecule has 1 aliphatic rings. The third kappa shape index (κ3) is 2.76. The Labute approximate surface area is 107 Å². The van der Waals surface area contributed by atoms with Crippen LogP contribution in [0.2, 0.25) is 0 Å². The Morgan fingerprint density at radius 3 is 2.73 bits per heavy atom. The van der Waals surface area contributed by atoms with Crippen molar-refractivity contribution in [2.45, 2.75) is 24.6 Å². The second kappa shape index (κ2) is 5.35. The summed E-state index contributed by atoms with van der Waals surface area (Å²) in [5.74, 6) is 1.78. The molecular weight excluding hydrogens is 320 g/mol. The number of rotatable bonds is 4. The largest absolute Gasteiger partial charge is 0.492 e. The molecule has 1 aliphatic carbocycles. The molecule has 0 N–H and O–H groups in total. The van der Waals surface area contributed by atoms with E-state index >= 15 is 0 Å². The van der Waals surface area contributed by atoms with Crippen LogP contribution in [0.4, 0.5) is 0 Å². The maximum Gasteiger partial charge on any atom is 0.137 e. The third-order valence-electron chi connectivity index (χ3n) is 2.88. The molecule has 0 unspecified atom stereocenters. The second-order valence-electron chi connectivity index (χ2n) is 3.97. The SMILES string of the molecule is BrCc1cccc(Br)c1OCC1CCC1. The van der Waals surface area contributed by atoms with Crippen LogP contribution in [0.25, 0.3) is 0 Å². The van der Waals surface area contributed by atoms with E-state index in [-0.39, 0.29) is 0 Å².